The number of carbonyl (C=O) groups excluding carboxylic acids is 1. The number of anilines is 2. The van der Waals surface area contributed by atoms with Crippen LogP contribution in [-0.4, -0.2) is 25.6 Å². The van der Waals surface area contributed by atoms with E-state index in [4.69, 9.17) is 4.74 Å². The molecule has 0 saturated heterocycles. The van der Waals surface area contributed by atoms with E-state index in [1.807, 2.05) is 19.1 Å². The standard InChI is InChI=1S/C15H21N2O2/c1-5-10-17(6-2)14-11-13(16-12(4)18)8-9-15(14)19-7-3/h5,9,11H,1,6-7,10H2,2-4H3,(H,16,18). The van der Waals surface area contributed by atoms with Crippen LogP contribution in [0.2, 0.25) is 0 Å². The molecule has 0 aliphatic carbocycles. The van der Waals surface area contributed by atoms with Gasteiger partial charge < -0.3 is 15.0 Å². The summed E-state index contributed by atoms with van der Waals surface area (Å²) in [7, 11) is 0. The smallest absolute Gasteiger partial charge is 0.221 e. The first kappa shape index (κ1) is 15.1. The Labute approximate surface area is 115 Å². The number of likely N-dealkylation sites (N-methyl/N-ethyl adjacent to an activating group) is 1. The largest absolute Gasteiger partial charge is 0.492 e. The van der Waals surface area contributed by atoms with Crippen molar-refractivity contribution in [2.24, 2.45) is 0 Å². The molecule has 0 bridgehead atoms. The minimum atomic E-state index is -0.113. The molecule has 4 nitrogen and oxygen atoms in total. The van der Waals surface area contributed by atoms with Gasteiger partial charge in [0.2, 0.25) is 5.91 Å². The quantitative estimate of drug-likeness (QED) is 0.767. The van der Waals surface area contributed by atoms with E-state index in [2.05, 4.69) is 29.8 Å². The zero-order valence-corrected chi connectivity index (χ0v) is 11.8. The first-order valence-electron chi connectivity index (χ1n) is 6.44. The molecule has 1 rings (SSSR count). The lowest BCUT2D eigenvalue weighted by Crippen LogP contribution is -2.23. The van der Waals surface area contributed by atoms with Gasteiger partial charge in [-0.05, 0) is 26.0 Å². The van der Waals surface area contributed by atoms with Crippen LogP contribution in [0.4, 0.5) is 11.4 Å². The molecule has 0 aliphatic rings. The van der Waals surface area contributed by atoms with Crippen LogP contribution in [0.3, 0.4) is 0 Å². The number of carbonyl (C=O) groups is 1. The number of nitrogens with zero attached hydrogens (tertiary/aromatic N) is 1. The molecule has 103 valence electrons. The molecule has 0 aliphatic heterocycles. The van der Waals surface area contributed by atoms with Crippen LogP contribution in [0.15, 0.2) is 24.8 Å². The summed E-state index contributed by atoms with van der Waals surface area (Å²) in [5.74, 6) is 0.651. The Morgan fingerprint density at radius 1 is 1.58 bits per heavy atom. The van der Waals surface area contributed by atoms with Crippen molar-refractivity contribution in [1.29, 1.82) is 0 Å². The Morgan fingerprint density at radius 2 is 2.32 bits per heavy atom. The Kier molecular flexibility index (Phi) is 5.93. The molecule has 1 aromatic rings. The molecular weight excluding hydrogens is 240 g/mol. The lowest BCUT2D eigenvalue weighted by atomic mass is 10.2. The topological polar surface area (TPSA) is 41.6 Å². The first-order chi connectivity index (χ1) is 9.12. The van der Waals surface area contributed by atoms with Gasteiger partial charge in [-0.1, -0.05) is 6.08 Å². The molecule has 19 heavy (non-hydrogen) atoms. The Bertz CT molecular complexity index is 444. The predicted molar refractivity (Wildman–Crippen MR) is 78.8 cm³/mol. The molecule has 1 amide bonds. The molecule has 0 spiro atoms. The lowest BCUT2D eigenvalue weighted by molar-refractivity contribution is -0.114. The highest BCUT2D eigenvalue weighted by atomic mass is 16.5. The summed E-state index contributed by atoms with van der Waals surface area (Å²) in [6.45, 7) is 11.4. The fraction of sp³-hybridized carbons (Fsp3) is 0.400. The Balaban J connectivity index is 3.12. The summed E-state index contributed by atoms with van der Waals surface area (Å²) in [6.07, 6.45) is 1.84. The second-order valence-electron chi connectivity index (χ2n) is 4.04. The highest BCUT2D eigenvalue weighted by Crippen LogP contribution is 2.31. The SMILES string of the molecule is C=CCN(CC)c1cc(NC(C)=O)[c]cc1OCC. The van der Waals surface area contributed by atoms with E-state index < -0.39 is 0 Å². The average Bonchev–Trinajstić information content (AvgIpc) is 2.37. The normalized spacial score (nSPS) is 9.84. The first-order valence-corrected chi connectivity index (χ1v) is 6.44. The molecule has 0 atom stereocenters. The van der Waals surface area contributed by atoms with E-state index >= 15 is 0 Å². The molecule has 4 heteroatoms. The summed E-state index contributed by atoms with van der Waals surface area (Å²) < 4.78 is 5.61. The average molecular weight is 261 g/mol. The molecule has 0 fully saturated rings. The molecule has 1 radical (unpaired) electrons. The van der Waals surface area contributed by atoms with Gasteiger partial charge in [-0.15, -0.1) is 6.58 Å². The number of hydrogen-bond donors (Lipinski definition) is 1. The van der Waals surface area contributed by atoms with Crippen molar-refractivity contribution in [3.8, 4) is 5.75 Å². The third kappa shape index (κ3) is 4.32. The third-order valence-corrected chi connectivity index (χ3v) is 2.57. The van der Waals surface area contributed by atoms with Crippen LogP contribution in [0.5, 0.6) is 5.75 Å². The molecule has 1 aromatic carbocycles. The minimum absolute atomic E-state index is 0.113. The lowest BCUT2D eigenvalue weighted by Gasteiger charge is -2.24. The maximum atomic E-state index is 11.1. The van der Waals surface area contributed by atoms with Crippen molar-refractivity contribution >= 4 is 17.3 Å². The van der Waals surface area contributed by atoms with E-state index in [0.29, 0.717) is 12.3 Å². The van der Waals surface area contributed by atoms with Crippen LogP contribution in [0.1, 0.15) is 20.8 Å². The van der Waals surface area contributed by atoms with E-state index in [-0.39, 0.29) is 5.91 Å². The second-order valence-corrected chi connectivity index (χ2v) is 4.04. The minimum Gasteiger partial charge on any atom is -0.492 e. The van der Waals surface area contributed by atoms with Crippen molar-refractivity contribution in [3.05, 3.63) is 30.9 Å². The molecular formula is C15H21N2O2. The number of hydrogen-bond acceptors (Lipinski definition) is 3. The number of ether oxygens (including phenoxy) is 1. The maximum absolute atomic E-state index is 11.1. The van der Waals surface area contributed by atoms with Crippen LogP contribution in [0.25, 0.3) is 0 Å². The van der Waals surface area contributed by atoms with Gasteiger partial charge in [-0.25, -0.2) is 0 Å². The van der Waals surface area contributed by atoms with Gasteiger partial charge in [0.25, 0.3) is 0 Å². The van der Waals surface area contributed by atoms with Gasteiger partial charge in [0.05, 0.1) is 18.0 Å². The van der Waals surface area contributed by atoms with E-state index in [0.717, 1.165) is 24.5 Å². The maximum Gasteiger partial charge on any atom is 0.221 e. The van der Waals surface area contributed by atoms with Crippen LogP contribution in [-0.2, 0) is 4.79 Å². The summed E-state index contributed by atoms with van der Waals surface area (Å²) in [6, 6.07) is 6.64. The summed E-state index contributed by atoms with van der Waals surface area (Å²) in [5.41, 5.74) is 1.58. The number of amides is 1. The second kappa shape index (κ2) is 7.46. The molecule has 0 aromatic heterocycles. The fourth-order valence-corrected chi connectivity index (χ4v) is 1.80. The van der Waals surface area contributed by atoms with Gasteiger partial charge in [0, 0.05) is 26.1 Å². The number of rotatable bonds is 7. The van der Waals surface area contributed by atoms with E-state index in [9.17, 15) is 4.79 Å². The molecule has 0 heterocycles. The van der Waals surface area contributed by atoms with Gasteiger partial charge in [0.1, 0.15) is 5.75 Å². The zero-order valence-electron chi connectivity index (χ0n) is 11.8. The monoisotopic (exact) mass is 261 g/mol. The van der Waals surface area contributed by atoms with Crippen molar-refractivity contribution in [2.45, 2.75) is 20.8 Å². The third-order valence-electron chi connectivity index (χ3n) is 2.57. The van der Waals surface area contributed by atoms with Crippen LogP contribution in [0, 0.1) is 6.07 Å². The van der Waals surface area contributed by atoms with Crippen molar-refractivity contribution < 1.29 is 9.53 Å². The van der Waals surface area contributed by atoms with Crippen molar-refractivity contribution in [2.75, 3.05) is 29.9 Å². The number of nitrogens with one attached hydrogen (secondary N) is 1. The molecule has 0 saturated carbocycles. The molecule has 1 N–H and O–H groups in total. The predicted octanol–water partition coefficient (Wildman–Crippen LogP) is 2.86. The van der Waals surface area contributed by atoms with Gasteiger partial charge in [-0.2, -0.15) is 0 Å². The Morgan fingerprint density at radius 3 is 2.84 bits per heavy atom. The van der Waals surface area contributed by atoms with Gasteiger partial charge in [0.15, 0.2) is 0 Å². The summed E-state index contributed by atoms with van der Waals surface area (Å²) in [4.78, 5) is 13.2. The summed E-state index contributed by atoms with van der Waals surface area (Å²) >= 11 is 0. The van der Waals surface area contributed by atoms with Crippen molar-refractivity contribution in [1.82, 2.24) is 0 Å². The van der Waals surface area contributed by atoms with Crippen LogP contribution < -0.4 is 15.0 Å². The van der Waals surface area contributed by atoms with Gasteiger partial charge >= 0.3 is 0 Å². The highest BCUT2D eigenvalue weighted by Gasteiger charge is 2.11. The Hall–Kier alpha value is -1.97. The highest BCUT2D eigenvalue weighted by molar-refractivity contribution is 5.89. The van der Waals surface area contributed by atoms with E-state index in [1.54, 1.807) is 6.07 Å². The fourth-order valence-electron chi connectivity index (χ4n) is 1.80. The molecule has 0 unspecified atom stereocenters. The van der Waals surface area contributed by atoms with Crippen molar-refractivity contribution in [3.63, 3.8) is 0 Å². The van der Waals surface area contributed by atoms with Crippen LogP contribution >= 0.6 is 0 Å². The number of benzene rings is 1. The van der Waals surface area contributed by atoms with Gasteiger partial charge in [-0.3, -0.25) is 4.79 Å². The zero-order chi connectivity index (χ0) is 14.3. The summed E-state index contributed by atoms with van der Waals surface area (Å²) in [5, 5.41) is 2.73. The van der Waals surface area contributed by atoms with E-state index in [1.165, 1.54) is 6.92 Å².